The minimum atomic E-state index is -0.420. The number of aromatic nitrogens is 5. The van der Waals surface area contributed by atoms with Crippen molar-refractivity contribution in [3.05, 3.63) is 52.6 Å². The summed E-state index contributed by atoms with van der Waals surface area (Å²) in [4.78, 5) is 32.9. The number of carbonyl (C=O) groups excluding carboxylic acids is 1. The molecule has 0 saturated carbocycles. The van der Waals surface area contributed by atoms with E-state index in [-0.39, 0.29) is 11.6 Å². The van der Waals surface area contributed by atoms with Gasteiger partial charge in [0.1, 0.15) is 5.56 Å². The van der Waals surface area contributed by atoms with Gasteiger partial charge in [-0.2, -0.15) is 0 Å². The molecule has 0 aromatic carbocycles. The highest BCUT2D eigenvalue weighted by Gasteiger charge is 2.17. The molecule has 8 nitrogen and oxygen atoms in total. The molecular weight excluding hydrogens is 296 g/mol. The van der Waals surface area contributed by atoms with Crippen molar-refractivity contribution in [1.82, 2.24) is 29.5 Å². The van der Waals surface area contributed by atoms with Crippen molar-refractivity contribution in [1.29, 1.82) is 0 Å². The maximum atomic E-state index is 12.4. The first-order chi connectivity index (χ1) is 11.1. The van der Waals surface area contributed by atoms with Crippen LogP contribution in [0.5, 0.6) is 0 Å². The molecule has 0 spiro atoms. The van der Waals surface area contributed by atoms with Crippen molar-refractivity contribution in [2.24, 2.45) is 0 Å². The number of imidazole rings is 1. The minimum Gasteiger partial charge on any atom is -0.347 e. The predicted octanol–water partition coefficient (Wildman–Crippen LogP) is 0.736. The summed E-state index contributed by atoms with van der Waals surface area (Å²) in [6, 6.07) is 1.65. The highest BCUT2D eigenvalue weighted by Crippen LogP contribution is 2.02. The van der Waals surface area contributed by atoms with Gasteiger partial charge in [0, 0.05) is 42.9 Å². The van der Waals surface area contributed by atoms with Gasteiger partial charge in [-0.3, -0.25) is 14.7 Å². The van der Waals surface area contributed by atoms with Gasteiger partial charge >= 0.3 is 0 Å². The maximum Gasteiger partial charge on any atom is 0.285 e. The molecule has 0 saturated heterocycles. The largest absolute Gasteiger partial charge is 0.347 e. The van der Waals surface area contributed by atoms with Crippen LogP contribution in [0.25, 0.3) is 5.65 Å². The summed E-state index contributed by atoms with van der Waals surface area (Å²) in [5.74, 6) is -0.420. The van der Waals surface area contributed by atoms with Gasteiger partial charge in [0.2, 0.25) is 0 Å². The van der Waals surface area contributed by atoms with Gasteiger partial charge in [-0.05, 0) is 13.3 Å². The molecule has 1 amide bonds. The summed E-state index contributed by atoms with van der Waals surface area (Å²) in [7, 11) is 0. The number of carbonyl (C=O) groups is 1. The number of hydrogen-bond donors (Lipinski definition) is 2. The van der Waals surface area contributed by atoms with Crippen LogP contribution in [0, 0.1) is 6.92 Å². The number of nitrogens with one attached hydrogen (secondary N) is 2. The topological polar surface area (TPSA) is 97.1 Å². The molecule has 0 fully saturated rings. The number of hydrogen-bond acceptors (Lipinski definition) is 4. The number of fused-ring (bicyclic) bond motifs is 1. The van der Waals surface area contributed by atoms with Crippen molar-refractivity contribution in [3.63, 3.8) is 0 Å². The number of amides is 1. The summed E-state index contributed by atoms with van der Waals surface area (Å²) in [5, 5.41) is 5.75. The zero-order valence-electron chi connectivity index (χ0n) is 13.0. The quantitative estimate of drug-likeness (QED) is 0.725. The second-order valence-corrected chi connectivity index (χ2v) is 5.45. The summed E-state index contributed by atoms with van der Waals surface area (Å²) in [6.07, 6.45) is 7.27. The Kier molecular flexibility index (Phi) is 3.96. The van der Waals surface area contributed by atoms with E-state index in [4.69, 9.17) is 0 Å². The minimum absolute atomic E-state index is 0.0217. The summed E-state index contributed by atoms with van der Waals surface area (Å²) in [5.41, 5.74) is 0.916. The Morgan fingerprint density at radius 1 is 1.48 bits per heavy atom. The lowest BCUT2D eigenvalue weighted by Gasteiger charge is -2.17. The summed E-state index contributed by atoms with van der Waals surface area (Å²) in [6.45, 7) is 4.40. The number of nitrogens with zero attached hydrogens (tertiary/aromatic N) is 4. The first kappa shape index (κ1) is 15.0. The Labute approximate surface area is 132 Å². The highest BCUT2D eigenvalue weighted by molar-refractivity contribution is 5.93. The Balaban J connectivity index is 1.82. The van der Waals surface area contributed by atoms with E-state index in [2.05, 4.69) is 20.4 Å². The molecular formula is C15H18N6O2. The molecule has 3 rings (SSSR count). The fourth-order valence-electron chi connectivity index (χ4n) is 2.43. The Hall–Kier alpha value is -2.90. The maximum absolute atomic E-state index is 12.4. The first-order valence-corrected chi connectivity index (χ1v) is 7.42. The van der Waals surface area contributed by atoms with Crippen LogP contribution >= 0.6 is 0 Å². The van der Waals surface area contributed by atoms with Crippen molar-refractivity contribution < 1.29 is 4.79 Å². The van der Waals surface area contributed by atoms with Crippen LogP contribution in [0.2, 0.25) is 0 Å². The summed E-state index contributed by atoms with van der Waals surface area (Å²) < 4.78 is 3.16. The van der Waals surface area contributed by atoms with E-state index in [0.29, 0.717) is 12.2 Å². The average molecular weight is 314 g/mol. The molecule has 2 N–H and O–H groups in total. The van der Waals surface area contributed by atoms with Gasteiger partial charge in [0.15, 0.2) is 5.65 Å². The Morgan fingerprint density at radius 3 is 3.00 bits per heavy atom. The zero-order chi connectivity index (χ0) is 16.4. The van der Waals surface area contributed by atoms with E-state index in [0.717, 1.165) is 12.1 Å². The second kappa shape index (κ2) is 6.07. The predicted molar refractivity (Wildman–Crippen MR) is 84.3 cm³/mol. The molecule has 120 valence electrons. The lowest BCUT2D eigenvalue weighted by molar-refractivity contribution is 0.0929. The third kappa shape index (κ3) is 3.01. The van der Waals surface area contributed by atoms with Crippen LogP contribution in [-0.4, -0.2) is 36.1 Å². The Morgan fingerprint density at radius 2 is 2.30 bits per heavy atom. The van der Waals surface area contributed by atoms with Gasteiger partial charge in [0.05, 0.1) is 6.33 Å². The molecule has 23 heavy (non-hydrogen) atoms. The monoisotopic (exact) mass is 314 g/mol. The summed E-state index contributed by atoms with van der Waals surface area (Å²) >= 11 is 0. The number of aromatic amines is 1. The van der Waals surface area contributed by atoms with Crippen LogP contribution in [0.4, 0.5) is 0 Å². The second-order valence-electron chi connectivity index (χ2n) is 5.45. The van der Waals surface area contributed by atoms with Crippen molar-refractivity contribution in [3.8, 4) is 0 Å². The molecule has 0 bridgehead atoms. The standard InChI is InChI=1S/C15H18N6O2/c1-3-11(8-20-5-4-16-9-20)18-14(22)12-7-17-13-6-10(2)19-21(13)15(12)23/h4-7,9,11,19H,3,8H2,1-2H3,(H,18,22). The van der Waals surface area contributed by atoms with Crippen LogP contribution in [0.1, 0.15) is 29.4 Å². The molecule has 0 aliphatic rings. The lowest BCUT2D eigenvalue weighted by Crippen LogP contribution is -2.40. The fraction of sp³-hybridized carbons (Fsp3) is 0.333. The third-order valence-corrected chi connectivity index (χ3v) is 3.69. The molecule has 8 heteroatoms. The molecule has 0 aliphatic heterocycles. The van der Waals surface area contributed by atoms with Crippen molar-refractivity contribution >= 4 is 11.6 Å². The molecule has 3 heterocycles. The van der Waals surface area contributed by atoms with Gasteiger partial charge in [0.25, 0.3) is 11.5 Å². The van der Waals surface area contributed by atoms with Crippen LogP contribution < -0.4 is 10.9 Å². The number of H-pyrrole nitrogens is 1. The van der Waals surface area contributed by atoms with E-state index >= 15 is 0 Å². The number of rotatable bonds is 5. The molecule has 1 atom stereocenters. The first-order valence-electron chi connectivity index (χ1n) is 7.42. The van der Waals surface area contributed by atoms with Crippen LogP contribution in [0.3, 0.4) is 0 Å². The molecule has 1 unspecified atom stereocenters. The van der Waals surface area contributed by atoms with Gasteiger partial charge in [-0.15, -0.1) is 0 Å². The number of aryl methyl sites for hydroxylation is 1. The van der Waals surface area contributed by atoms with Crippen molar-refractivity contribution in [2.45, 2.75) is 32.9 Å². The molecule has 3 aromatic rings. The lowest BCUT2D eigenvalue weighted by atomic mass is 10.2. The van der Waals surface area contributed by atoms with Gasteiger partial charge < -0.3 is 9.88 Å². The fourth-order valence-corrected chi connectivity index (χ4v) is 2.43. The van der Waals surface area contributed by atoms with E-state index in [1.807, 2.05) is 24.6 Å². The van der Waals surface area contributed by atoms with Gasteiger partial charge in [-0.25, -0.2) is 14.5 Å². The Bertz CT molecular complexity index is 877. The SMILES string of the molecule is CCC(Cn1ccnc1)NC(=O)c1cnc2cc(C)[nH]n2c1=O. The smallest absolute Gasteiger partial charge is 0.285 e. The van der Waals surface area contributed by atoms with Crippen LogP contribution in [0.15, 0.2) is 35.8 Å². The molecule has 0 radical (unpaired) electrons. The average Bonchev–Trinajstić information content (AvgIpc) is 3.15. The van der Waals surface area contributed by atoms with E-state index in [9.17, 15) is 9.59 Å². The van der Waals surface area contributed by atoms with E-state index < -0.39 is 11.5 Å². The molecule has 0 aliphatic carbocycles. The van der Waals surface area contributed by atoms with Crippen molar-refractivity contribution in [2.75, 3.05) is 0 Å². The van der Waals surface area contributed by atoms with E-state index in [1.165, 1.54) is 10.7 Å². The highest BCUT2D eigenvalue weighted by atomic mass is 16.2. The van der Waals surface area contributed by atoms with Crippen LogP contribution in [-0.2, 0) is 6.54 Å². The van der Waals surface area contributed by atoms with Gasteiger partial charge in [-0.1, -0.05) is 6.92 Å². The molecule has 3 aromatic heterocycles. The zero-order valence-corrected chi connectivity index (χ0v) is 13.0. The normalized spacial score (nSPS) is 12.4. The van der Waals surface area contributed by atoms with E-state index in [1.54, 1.807) is 18.6 Å². The third-order valence-electron chi connectivity index (χ3n) is 3.69.